The molecule has 0 aliphatic heterocycles. The zero-order valence-electron chi connectivity index (χ0n) is 19.4. The van der Waals surface area contributed by atoms with Crippen LogP contribution in [0.4, 0.5) is 5.69 Å². The molecule has 0 radical (unpaired) electrons. The maximum Gasteiger partial charge on any atom is 0.248 e. The number of hydrogen-bond acceptors (Lipinski definition) is 5. The largest absolute Gasteiger partial charge is 0.496 e. The number of nitrogens with one attached hydrogen (secondary N) is 1. The number of aryl methyl sites for hydroxylation is 1. The smallest absolute Gasteiger partial charge is 0.248 e. The lowest BCUT2D eigenvalue weighted by atomic mass is 9.96. The molecule has 0 aliphatic rings. The van der Waals surface area contributed by atoms with Crippen LogP contribution >= 0.6 is 11.6 Å². The van der Waals surface area contributed by atoms with E-state index in [-0.39, 0.29) is 11.1 Å². The molecule has 6 nitrogen and oxygen atoms in total. The number of anilines is 1. The lowest BCUT2D eigenvalue weighted by Crippen LogP contribution is -2.09. The first-order chi connectivity index (χ1) is 16.4. The van der Waals surface area contributed by atoms with Gasteiger partial charge in [0.1, 0.15) is 17.1 Å². The molecule has 1 amide bonds. The van der Waals surface area contributed by atoms with Gasteiger partial charge in [-0.3, -0.25) is 4.79 Å². The number of hydrogen-bond donors (Lipinski definition) is 1. The van der Waals surface area contributed by atoms with E-state index in [4.69, 9.17) is 25.5 Å². The molecule has 0 atom stereocenters. The lowest BCUT2D eigenvalue weighted by molar-refractivity contribution is -0.111. The van der Waals surface area contributed by atoms with Gasteiger partial charge in [-0.2, -0.15) is 0 Å². The fourth-order valence-corrected chi connectivity index (χ4v) is 4.10. The maximum atomic E-state index is 12.7. The number of furan rings is 1. The molecule has 34 heavy (non-hydrogen) atoms. The van der Waals surface area contributed by atoms with E-state index >= 15 is 0 Å². The van der Waals surface area contributed by atoms with Gasteiger partial charge in [-0.25, -0.2) is 4.98 Å². The first-order valence-electron chi connectivity index (χ1n) is 10.9. The summed E-state index contributed by atoms with van der Waals surface area (Å²) in [6.07, 6.45) is 4.82. The average Bonchev–Trinajstić information content (AvgIpc) is 3.26. The van der Waals surface area contributed by atoms with E-state index in [9.17, 15) is 4.79 Å². The quantitative estimate of drug-likeness (QED) is 0.232. The zero-order chi connectivity index (χ0) is 24.2. The summed E-state index contributed by atoms with van der Waals surface area (Å²) >= 11 is 6.08. The molecule has 2 heterocycles. The Hall–Kier alpha value is -3.77. The molecule has 0 spiro atoms. The van der Waals surface area contributed by atoms with E-state index in [0.717, 1.165) is 44.5 Å². The van der Waals surface area contributed by atoms with Crippen molar-refractivity contribution in [2.45, 2.75) is 20.8 Å². The Labute approximate surface area is 203 Å². The van der Waals surface area contributed by atoms with Crippen molar-refractivity contribution in [3.05, 3.63) is 77.3 Å². The number of pyridine rings is 1. The second-order valence-corrected chi connectivity index (χ2v) is 8.05. The number of amides is 1. The summed E-state index contributed by atoms with van der Waals surface area (Å²) in [6.45, 7) is 6.22. The standard InChI is InChI=1S/C27H25ClN2O4/c1-5-33-25-17(3)26-20(21(15-34-26)18-9-6-7-11-23(18)32-4)14-19(25)16(2)13-24(31)30-22-10-8-12-29-27(22)28/h6-15H,5H2,1-4H3,(H,30,31)/b16-13+. The van der Waals surface area contributed by atoms with Gasteiger partial charge in [0.15, 0.2) is 5.15 Å². The Morgan fingerprint density at radius 1 is 1.21 bits per heavy atom. The van der Waals surface area contributed by atoms with Crippen molar-refractivity contribution < 1.29 is 18.7 Å². The van der Waals surface area contributed by atoms with Crippen LogP contribution < -0.4 is 14.8 Å². The minimum Gasteiger partial charge on any atom is -0.496 e. The average molecular weight is 477 g/mol. The molecular weight excluding hydrogens is 452 g/mol. The van der Waals surface area contributed by atoms with E-state index in [2.05, 4.69) is 10.3 Å². The van der Waals surface area contributed by atoms with Crippen molar-refractivity contribution in [1.29, 1.82) is 0 Å². The Morgan fingerprint density at radius 2 is 2.00 bits per heavy atom. The van der Waals surface area contributed by atoms with Gasteiger partial charge in [-0.05, 0) is 50.6 Å². The number of carbonyl (C=O) groups is 1. The molecule has 7 heteroatoms. The third-order valence-corrected chi connectivity index (χ3v) is 5.82. The summed E-state index contributed by atoms with van der Waals surface area (Å²) < 4.78 is 17.5. The number of allylic oxidation sites excluding steroid dienone is 1. The van der Waals surface area contributed by atoms with Crippen molar-refractivity contribution in [2.24, 2.45) is 0 Å². The van der Waals surface area contributed by atoms with Crippen molar-refractivity contribution in [3.63, 3.8) is 0 Å². The van der Waals surface area contributed by atoms with Gasteiger partial charge in [-0.1, -0.05) is 29.8 Å². The highest BCUT2D eigenvalue weighted by Crippen LogP contribution is 2.42. The van der Waals surface area contributed by atoms with Gasteiger partial charge in [0.05, 0.1) is 25.7 Å². The third-order valence-electron chi connectivity index (χ3n) is 5.52. The topological polar surface area (TPSA) is 73.6 Å². The van der Waals surface area contributed by atoms with E-state index in [0.29, 0.717) is 18.0 Å². The molecular formula is C27H25ClN2O4. The summed E-state index contributed by atoms with van der Waals surface area (Å²) in [5, 5.41) is 3.91. The highest BCUT2D eigenvalue weighted by molar-refractivity contribution is 6.32. The number of ether oxygens (including phenoxy) is 2. The van der Waals surface area contributed by atoms with Crippen molar-refractivity contribution in [2.75, 3.05) is 19.0 Å². The van der Waals surface area contributed by atoms with E-state index in [1.165, 1.54) is 6.08 Å². The maximum absolute atomic E-state index is 12.7. The van der Waals surface area contributed by atoms with Gasteiger partial charge in [0, 0.05) is 39.9 Å². The molecule has 4 aromatic rings. The fourth-order valence-electron chi connectivity index (χ4n) is 3.94. The summed E-state index contributed by atoms with van der Waals surface area (Å²) in [5.41, 5.74) is 5.40. The molecule has 174 valence electrons. The second kappa shape index (κ2) is 10.0. The molecule has 0 aliphatic carbocycles. The molecule has 2 aromatic carbocycles. The predicted molar refractivity (Wildman–Crippen MR) is 136 cm³/mol. The molecule has 0 fully saturated rings. The van der Waals surface area contributed by atoms with Crippen molar-refractivity contribution in [1.82, 2.24) is 4.98 Å². The van der Waals surface area contributed by atoms with Crippen LogP contribution in [0, 0.1) is 6.92 Å². The number of aromatic nitrogens is 1. The van der Waals surface area contributed by atoms with Gasteiger partial charge in [0.25, 0.3) is 0 Å². The summed E-state index contributed by atoms with van der Waals surface area (Å²) in [7, 11) is 1.64. The molecule has 2 aromatic heterocycles. The highest BCUT2D eigenvalue weighted by atomic mass is 35.5. The monoisotopic (exact) mass is 476 g/mol. The minimum atomic E-state index is -0.315. The van der Waals surface area contributed by atoms with Gasteiger partial charge in [-0.15, -0.1) is 0 Å². The van der Waals surface area contributed by atoms with Crippen LogP contribution in [0.5, 0.6) is 11.5 Å². The third kappa shape index (κ3) is 4.50. The number of halogens is 1. The minimum absolute atomic E-state index is 0.231. The van der Waals surface area contributed by atoms with Crippen LogP contribution in [-0.4, -0.2) is 24.6 Å². The Morgan fingerprint density at radius 3 is 2.74 bits per heavy atom. The SMILES string of the molecule is CCOc1c(/C(C)=C/C(=O)Nc2cccnc2Cl)cc2c(-c3ccccc3OC)coc2c1C. The van der Waals surface area contributed by atoms with Crippen LogP contribution in [0.25, 0.3) is 27.7 Å². The number of benzene rings is 2. The fraction of sp³-hybridized carbons (Fsp3) is 0.185. The number of methoxy groups -OCH3 is 1. The summed E-state index contributed by atoms with van der Waals surface area (Å²) in [6, 6.07) is 13.2. The van der Waals surface area contributed by atoms with Crippen LogP contribution in [0.2, 0.25) is 5.15 Å². The normalized spacial score (nSPS) is 11.5. The number of para-hydroxylation sites is 1. The number of carbonyl (C=O) groups excluding carboxylic acids is 1. The second-order valence-electron chi connectivity index (χ2n) is 7.70. The Balaban J connectivity index is 1.82. The van der Waals surface area contributed by atoms with Crippen LogP contribution in [0.15, 0.2) is 65.4 Å². The van der Waals surface area contributed by atoms with Crippen LogP contribution in [-0.2, 0) is 4.79 Å². The highest BCUT2D eigenvalue weighted by Gasteiger charge is 2.20. The molecule has 0 bridgehead atoms. The molecule has 1 N–H and O–H groups in total. The van der Waals surface area contributed by atoms with Gasteiger partial charge < -0.3 is 19.2 Å². The Bertz CT molecular complexity index is 1390. The van der Waals surface area contributed by atoms with Crippen molar-refractivity contribution >= 4 is 39.7 Å². The van der Waals surface area contributed by atoms with E-state index in [1.807, 2.05) is 51.1 Å². The molecule has 0 saturated heterocycles. The first kappa shape index (κ1) is 23.4. The predicted octanol–water partition coefficient (Wildman–Crippen LogP) is 6.91. The number of nitrogens with zero attached hydrogens (tertiary/aromatic N) is 1. The molecule has 0 unspecified atom stereocenters. The summed E-state index contributed by atoms with van der Waals surface area (Å²) in [5.74, 6) is 1.11. The van der Waals surface area contributed by atoms with Gasteiger partial charge in [0.2, 0.25) is 5.91 Å². The van der Waals surface area contributed by atoms with Gasteiger partial charge >= 0.3 is 0 Å². The first-order valence-corrected chi connectivity index (χ1v) is 11.2. The number of rotatable bonds is 7. The van der Waals surface area contributed by atoms with Crippen LogP contribution in [0.3, 0.4) is 0 Å². The lowest BCUT2D eigenvalue weighted by Gasteiger charge is -2.15. The summed E-state index contributed by atoms with van der Waals surface area (Å²) in [4.78, 5) is 16.7. The van der Waals surface area contributed by atoms with Crippen LogP contribution in [0.1, 0.15) is 25.0 Å². The van der Waals surface area contributed by atoms with Crippen molar-refractivity contribution in [3.8, 4) is 22.6 Å². The van der Waals surface area contributed by atoms with E-state index < -0.39 is 0 Å². The Kier molecular flexibility index (Phi) is 6.89. The zero-order valence-corrected chi connectivity index (χ0v) is 20.2. The van der Waals surface area contributed by atoms with E-state index in [1.54, 1.807) is 31.7 Å². The molecule has 0 saturated carbocycles. The molecule has 4 rings (SSSR count). The number of fused-ring (bicyclic) bond motifs is 1.